The standard InChI is InChI=1S/C12H22N2O3/c1-3-14(7-8(2)12(16)17)11(15)9-4-5-10(13)6-9/h8-10H,3-7,13H2,1-2H3,(H,16,17). The normalized spacial score (nSPS) is 25.6. The van der Waals surface area contributed by atoms with Crippen LogP contribution in [0.25, 0.3) is 0 Å². The lowest BCUT2D eigenvalue weighted by molar-refractivity contribution is -0.143. The van der Waals surface area contributed by atoms with Crippen LogP contribution in [0.1, 0.15) is 33.1 Å². The molecule has 98 valence electrons. The quantitative estimate of drug-likeness (QED) is 0.742. The monoisotopic (exact) mass is 242 g/mol. The van der Waals surface area contributed by atoms with Crippen molar-refractivity contribution in [1.82, 2.24) is 4.90 Å². The van der Waals surface area contributed by atoms with Gasteiger partial charge >= 0.3 is 5.97 Å². The maximum Gasteiger partial charge on any atom is 0.308 e. The molecule has 0 heterocycles. The van der Waals surface area contributed by atoms with Gasteiger partial charge in [0.05, 0.1) is 5.92 Å². The van der Waals surface area contributed by atoms with Crippen LogP contribution in [0.2, 0.25) is 0 Å². The van der Waals surface area contributed by atoms with Crippen molar-refractivity contribution in [3.05, 3.63) is 0 Å². The fourth-order valence-electron chi connectivity index (χ4n) is 2.28. The van der Waals surface area contributed by atoms with Crippen LogP contribution in [-0.2, 0) is 9.59 Å². The summed E-state index contributed by atoms with van der Waals surface area (Å²) in [5, 5.41) is 8.86. The molecule has 0 aromatic carbocycles. The van der Waals surface area contributed by atoms with Gasteiger partial charge in [0.1, 0.15) is 0 Å². The molecule has 5 nitrogen and oxygen atoms in total. The van der Waals surface area contributed by atoms with E-state index in [1.807, 2.05) is 6.92 Å². The van der Waals surface area contributed by atoms with Gasteiger partial charge < -0.3 is 15.7 Å². The molecular formula is C12H22N2O3. The van der Waals surface area contributed by atoms with Crippen LogP contribution in [0.4, 0.5) is 0 Å². The highest BCUT2D eigenvalue weighted by Crippen LogP contribution is 2.26. The zero-order valence-electron chi connectivity index (χ0n) is 10.6. The van der Waals surface area contributed by atoms with Crippen molar-refractivity contribution in [3.8, 4) is 0 Å². The number of amides is 1. The molecule has 0 aromatic heterocycles. The molecule has 5 heteroatoms. The van der Waals surface area contributed by atoms with Crippen LogP contribution in [0.5, 0.6) is 0 Å². The largest absolute Gasteiger partial charge is 0.481 e. The Bertz CT molecular complexity index is 293. The van der Waals surface area contributed by atoms with Crippen molar-refractivity contribution in [3.63, 3.8) is 0 Å². The van der Waals surface area contributed by atoms with Gasteiger partial charge in [-0.05, 0) is 26.2 Å². The van der Waals surface area contributed by atoms with Gasteiger partial charge in [0.2, 0.25) is 5.91 Å². The summed E-state index contributed by atoms with van der Waals surface area (Å²) in [7, 11) is 0. The first-order valence-electron chi connectivity index (χ1n) is 6.22. The smallest absolute Gasteiger partial charge is 0.308 e. The van der Waals surface area contributed by atoms with E-state index in [1.165, 1.54) is 0 Å². The number of carboxylic acids is 1. The molecule has 0 bridgehead atoms. The zero-order chi connectivity index (χ0) is 13.0. The van der Waals surface area contributed by atoms with Crippen LogP contribution < -0.4 is 5.73 Å². The Balaban J connectivity index is 2.55. The number of carbonyl (C=O) groups is 2. The van der Waals surface area contributed by atoms with Crippen molar-refractivity contribution in [2.24, 2.45) is 17.6 Å². The first-order valence-corrected chi connectivity index (χ1v) is 6.22. The van der Waals surface area contributed by atoms with E-state index >= 15 is 0 Å². The van der Waals surface area contributed by atoms with Crippen LogP contribution >= 0.6 is 0 Å². The Morgan fingerprint density at radius 2 is 2.12 bits per heavy atom. The van der Waals surface area contributed by atoms with Crippen LogP contribution in [-0.4, -0.2) is 41.0 Å². The third kappa shape index (κ3) is 3.70. The fraction of sp³-hybridized carbons (Fsp3) is 0.833. The Morgan fingerprint density at radius 3 is 2.53 bits per heavy atom. The van der Waals surface area contributed by atoms with E-state index in [4.69, 9.17) is 10.8 Å². The molecule has 1 fully saturated rings. The van der Waals surface area contributed by atoms with Crippen LogP contribution in [0.15, 0.2) is 0 Å². The highest BCUT2D eigenvalue weighted by molar-refractivity contribution is 5.80. The molecule has 1 rings (SSSR count). The number of hydrogen-bond acceptors (Lipinski definition) is 3. The molecule has 1 amide bonds. The minimum atomic E-state index is -0.862. The summed E-state index contributed by atoms with van der Waals surface area (Å²) in [5.74, 6) is -1.33. The van der Waals surface area contributed by atoms with Crippen molar-refractivity contribution >= 4 is 11.9 Å². The van der Waals surface area contributed by atoms with E-state index in [0.717, 1.165) is 19.3 Å². The van der Waals surface area contributed by atoms with Gasteiger partial charge in [0.25, 0.3) is 0 Å². The molecule has 1 saturated carbocycles. The van der Waals surface area contributed by atoms with E-state index in [0.29, 0.717) is 6.54 Å². The molecule has 0 saturated heterocycles. The average Bonchev–Trinajstić information content (AvgIpc) is 2.71. The number of carboxylic acid groups (broad SMARTS) is 1. The Hall–Kier alpha value is -1.10. The number of hydrogen-bond donors (Lipinski definition) is 2. The van der Waals surface area contributed by atoms with E-state index in [1.54, 1.807) is 11.8 Å². The molecule has 3 unspecified atom stereocenters. The van der Waals surface area contributed by atoms with Gasteiger partial charge in [-0.15, -0.1) is 0 Å². The second-order valence-corrected chi connectivity index (χ2v) is 4.89. The minimum absolute atomic E-state index is 0.00838. The molecule has 1 aliphatic carbocycles. The average molecular weight is 242 g/mol. The lowest BCUT2D eigenvalue weighted by atomic mass is 10.0. The third-order valence-corrected chi connectivity index (χ3v) is 3.43. The topological polar surface area (TPSA) is 83.6 Å². The van der Waals surface area contributed by atoms with E-state index < -0.39 is 11.9 Å². The highest BCUT2D eigenvalue weighted by atomic mass is 16.4. The first-order chi connectivity index (χ1) is 7.95. The van der Waals surface area contributed by atoms with Gasteiger partial charge in [-0.2, -0.15) is 0 Å². The summed E-state index contributed by atoms with van der Waals surface area (Å²) in [6.45, 7) is 4.35. The van der Waals surface area contributed by atoms with Crippen LogP contribution in [0.3, 0.4) is 0 Å². The predicted molar refractivity (Wildman–Crippen MR) is 64.4 cm³/mol. The molecule has 1 aliphatic rings. The third-order valence-electron chi connectivity index (χ3n) is 3.43. The Labute approximate surface area is 102 Å². The van der Waals surface area contributed by atoms with Gasteiger partial charge in [0.15, 0.2) is 0 Å². The van der Waals surface area contributed by atoms with Crippen molar-refractivity contribution in [2.45, 2.75) is 39.2 Å². The van der Waals surface area contributed by atoms with Gasteiger partial charge in [-0.25, -0.2) is 0 Å². The molecule has 0 aliphatic heterocycles. The maximum absolute atomic E-state index is 12.2. The van der Waals surface area contributed by atoms with Gasteiger partial charge in [-0.1, -0.05) is 6.92 Å². The van der Waals surface area contributed by atoms with Gasteiger partial charge in [-0.3, -0.25) is 9.59 Å². The van der Waals surface area contributed by atoms with E-state index in [-0.39, 0.29) is 24.4 Å². The summed E-state index contributed by atoms with van der Waals surface area (Å²) in [6.07, 6.45) is 2.46. The summed E-state index contributed by atoms with van der Waals surface area (Å²) >= 11 is 0. The summed E-state index contributed by atoms with van der Waals surface area (Å²) in [5.41, 5.74) is 5.79. The Kier molecular flexibility index (Phi) is 4.93. The predicted octanol–water partition coefficient (Wildman–Crippen LogP) is 0.683. The van der Waals surface area contributed by atoms with Crippen molar-refractivity contribution < 1.29 is 14.7 Å². The molecule has 3 N–H and O–H groups in total. The van der Waals surface area contributed by atoms with Gasteiger partial charge in [0, 0.05) is 25.0 Å². The summed E-state index contributed by atoms with van der Waals surface area (Å²) in [6, 6.07) is 0.125. The molecule has 0 radical (unpaired) electrons. The van der Waals surface area contributed by atoms with Crippen molar-refractivity contribution in [2.75, 3.05) is 13.1 Å². The fourth-order valence-corrected chi connectivity index (χ4v) is 2.28. The number of aliphatic carboxylic acids is 1. The lowest BCUT2D eigenvalue weighted by Gasteiger charge is -2.25. The zero-order valence-corrected chi connectivity index (χ0v) is 10.6. The molecular weight excluding hydrogens is 220 g/mol. The first kappa shape index (κ1) is 14.0. The second kappa shape index (κ2) is 6.00. The molecule has 3 atom stereocenters. The van der Waals surface area contributed by atoms with Crippen LogP contribution in [0, 0.1) is 11.8 Å². The lowest BCUT2D eigenvalue weighted by Crippen LogP contribution is -2.40. The van der Waals surface area contributed by atoms with E-state index in [9.17, 15) is 9.59 Å². The van der Waals surface area contributed by atoms with Crippen molar-refractivity contribution in [1.29, 1.82) is 0 Å². The molecule has 17 heavy (non-hydrogen) atoms. The number of nitrogens with two attached hydrogens (primary N) is 1. The van der Waals surface area contributed by atoms with E-state index in [2.05, 4.69) is 0 Å². The number of rotatable bonds is 5. The summed E-state index contributed by atoms with van der Waals surface area (Å²) in [4.78, 5) is 24.6. The highest BCUT2D eigenvalue weighted by Gasteiger charge is 2.31. The SMILES string of the molecule is CCN(CC(C)C(=O)O)C(=O)C1CCC(N)C1. The number of nitrogens with zero attached hydrogens (tertiary/aromatic N) is 1. The maximum atomic E-state index is 12.2. The second-order valence-electron chi connectivity index (χ2n) is 4.89. The molecule has 0 aromatic rings. The Morgan fingerprint density at radius 1 is 1.47 bits per heavy atom. The molecule has 0 spiro atoms. The summed E-state index contributed by atoms with van der Waals surface area (Å²) < 4.78 is 0. The minimum Gasteiger partial charge on any atom is -0.481 e. The number of carbonyl (C=O) groups excluding carboxylic acids is 1.